The van der Waals surface area contributed by atoms with Gasteiger partial charge in [-0.1, -0.05) is 12.1 Å². The highest BCUT2D eigenvalue weighted by molar-refractivity contribution is 5.68. The van der Waals surface area contributed by atoms with Gasteiger partial charge < -0.3 is 19.7 Å². The molecule has 0 aromatic heterocycles. The standard InChI is InChI=1S/C23H26FN3O3/c1-23(2,3)30-22(28)26-19(14-25)12-16-4-5-17-15-27(10-11-29-21(17)13-16)20-8-6-18(24)7-9-20/h4-9,13,19H,10-12,15H2,1-3H3,(H,26,28)/t19-/m0/s1. The van der Waals surface area contributed by atoms with Crippen molar-refractivity contribution in [1.82, 2.24) is 5.32 Å². The van der Waals surface area contributed by atoms with E-state index in [1.54, 1.807) is 32.9 Å². The Balaban J connectivity index is 1.68. The molecule has 0 aliphatic carbocycles. The SMILES string of the molecule is CC(C)(C)OC(=O)N[C@H](C#N)Cc1ccc2c(c1)OCCN(c1ccc(F)cc1)C2. The van der Waals surface area contributed by atoms with Crippen LogP contribution in [-0.2, 0) is 17.7 Å². The quantitative estimate of drug-likeness (QED) is 0.817. The first-order valence-electron chi connectivity index (χ1n) is 9.88. The number of carbonyl (C=O) groups excluding carboxylic acids is 1. The van der Waals surface area contributed by atoms with Gasteiger partial charge >= 0.3 is 6.09 Å². The minimum Gasteiger partial charge on any atom is -0.491 e. The van der Waals surface area contributed by atoms with Crippen LogP contribution < -0.4 is 15.0 Å². The third kappa shape index (κ3) is 5.86. The van der Waals surface area contributed by atoms with E-state index in [1.807, 2.05) is 18.2 Å². The predicted octanol–water partition coefficient (Wildman–Crippen LogP) is 4.18. The predicted molar refractivity (Wildman–Crippen MR) is 112 cm³/mol. The van der Waals surface area contributed by atoms with Crippen molar-refractivity contribution in [3.05, 3.63) is 59.4 Å². The van der Waals surface area contributed by atoms with Crippen LogP contribution >= 0.6 is 0 Å². The van der Waals surface area contributed by atoms with Crippen molar-refractivity contribution in [1.29, 1.82) is 5.26 Å². The summed E-state index contributed by atoms with van der Waals surface area (Å²) in [5, 5.41) is 12.0. The number of hydrogen-bond acceptors (Lipinski definition) is 5. The molecule has 1 atom stereocenters. The normalized spacial score (nSPS) is 14.6. The Kier molecular flexibility index (Phi) is 6.46. The number of carbonyl (C=O) groups is 1. The summed E-state index contributed by atoms with van der Waals surface area (Å²) in [7, 11) is 0. The van der Waals surface area contributed by atoms with Crippen molar-refractivity contribution in [2.24, 2.45) is 0 Å². The summed E-state index contributed by atoms with van der Waals surface area (Å²) < 4.78 is 24.3. The van der Waals surface area contributed by atoms with Crippen LogP contribution in [0.5, 0.6) is 5.75 Å². The molecular weight excluding hydrogens is 385 g/mol. The first-order valence-corrected chi connectivity index (χ1v) is 9.88. The molecule has 1 N–H and O–H groups in total. The van der Waals surface area contributed by atoms with Crippen molar-refractivity contribution in [2.45, 2.75) is 45.4 Å². The van der Waals surface area contributed by atoms with E-state index < -0.39 is 17.7 Å². The Morgan fingerprint density at radius 2 is 2.03 bits per heavy atom. The zero-order chi connectivity index (χ0) is 21.7. The molecule has 1 aliphatic rings. The van der Waals surface area contributed by atoms with Crippen molar-refractivity contribution < 1.29 is 18.7 Å². The smallest absolute Gasteiger partial charge is 0.408 e. The molecule has 0 radical (unpaired) electrons. The Labute approximate surface area is 176 Å². The van der Waals surface area contributed by atoms with Gasteiger partial charge in [0.1, 0.15) is 29.8 Å². The number of anilines is 1. The number of hydrogen-bond donors (Lipinski definition) is 1. The Morgan fingerprint density at radius 3 is 2.70 bits per heavy atom. The Hall–Kier alpha value is -3.27. The first-order chi connectivity index (χ1) is 14.2. The molecule has 0 spiro atoms. The molecule has 158 valence electrons. The summed E-state index contributed by atoms with van der Waals surface area (Å²) in [6.45, 7) is 7.12. The summed E-state index contributed by atoms with van der Waals surface area (Å²) in [5.74, 6) is 0.493. The second-order valence-electron chi connectivity index (χ2n) is 8.22. The molecule has 3 rings (SSSR count). The zero-order valence-electron chi connectivity index (χ0n) is 17.4. The van der Waals surface area contributed by atoms with Crippen molar-refractivity contribution in [3.8, 4) is 11.8 Å². The van der Waals surface area contributed by atoms with E-state index in [9.17, 15) is 14.4 Å². The van der Waals surface area contributed by atoms with Gasteiger partial charge in [0.15, 0.2) is 0 Å². The van der Waals surface area contributed by atoms with Crippen molar-refractivity contribution in [3.63, 3.8) is 0 Å². The van der Waals surface area contributed by atoms with Gasteiger partial charge in [0.05, 0.1) is 12.6 Å². The average molecular weight is 411 g/mol. The van der Waals surface area contributed by atoms with Crippen LogP contribution in [0, 0.1) is 17.1 Å². The molecule has 0 fully saturated rings. The lowest BCUT2D eigenvalue weighted by Gasteiger charge is -2.22. The topological polar surface area (TPSA) is 74.6 Å². The van der Waals surface area contributed by atoms with Gasteiger partial charge in [-0.2, -0.15) is 5.26 Å². The second-order valence-corrected chi connectivity index (χ2v) is 8.22. The van der Waals surface area contributed by atoms with Gasteiger partial charge in [-0.3, -0.25) is 0 Å². The zero-order valence-corrected chi connectivity index (χ0v) is 17.4. The minimum atomic E-state index is -0.709. The van der Waals surface area contributed by atoms with Gasteiger partial charge in [-0.25, -0.2) is 9.18 Å². The lowest BCUT2D eigenvalue weighted by Crippen LogP contribution is -2.39. The van der Waals surface area contributed by atoms with E-state index in [-0.39, 0.29) is 5.82 Å². The molecule has 7 heteroatoms. The largest absolute Gasteiger partial charge is 0.491 e. The van der Waals surface area contributed by atoms with Crippen LogP contribution in [0.4, 0.5) is 14.9 Å². The van der Waals surface area contributed by atoms with Crippen molar-refractivity contribution >= 4 is 11.8 Å². The number of nitrogens with zero attached hydrogens (tertiary/aromatic N) is 2. The number of halogens is 1. The monoisotopic (exact) mass is 411 g/mol. The molecule has 0 saturated carbocycles. The number of amides is 1. The molecule has 2 aromatic rings. The van der Waals surface area contributed by atoms with E-state index in [0.29, 0.717) is 26.1 Å². The number of nitriles is 1. The highest BCUT2D eigenvalue weighted by Gasteiger charge is 2.21. The maximum Gasteiger partial charge on any atom is 0.408 e. The van der Waals surface area contributed by atoms with Crippen LogP contribution in [0.15, 0.2) is 42.5 Å². The maximum atomic E-state index is 13.2. The van der Waals surface area contributed by atoms with E-state index in [0.717, 1.165) is 22.6 Å². The Bertz CT molecular complexity index is 932. The molecule has 1 amide bonds. The summed E-state index contributed by atoms with van der Waals surface area (Å²) >= 11 is 0. The molecule has 6 nitrogen and oxygen atoms in total. The van der Waals surface area contributed by atoms with Gasteiger partial charge in [-0.15, -0.1) is 0 Å². The van der Waals surface area contributed by atoms with Crippen molar-refractivity contribution in [2.75, 3.05) is 18.1 Å². The second kappa shape index (κ2) is 9.04. The molecule has 0 bridgehead atoms. The van der Waals surface area contributed by atoms with Crippen LogP contribution in [0.3, 0.4) is 0 Å². The molecule has 1 heterocycles. The van der Waals surface area contributed by atoms with E-state index >= 15 is 0 Å². The third-order valence-corrected chi connectivity index (χ3v) is 4.59. The van der Waals surface area contributed by atoms with Gasteiger partial charge in [-0.05, 0) is 56.7 Å². The van der Waals surface area contributed by atoms with Crippen LogP contribution in [-0.4, -0.2) is 30.9 Å². The number of ether oxygens (including phenoxy) is 2. The molecule has 2 aromatic carbocycles. The summed E-state index contributed by atoms with van der Waals surface area (Å²) in [6.07, 6.45) is -0.274. The number of alkyl carbamates (subject to hydrolysis) is 1. The van der Waals surface area contributed by atoms with Gasteiger partial charge in [0, 0.05) is 24.2 Å². The van der Waals surface area contributed by atoms with Gasteiger partial charge in [0.25, 0.3) is 0 Å². The maximum absolute atomic E-state index is 13.2. The van der Waals surface area contributed by atoms with E-state index in [1.165, 1.54) is 12.1 Å². The summed E-state index contributed by atoms with van der Waals surface area (Å²) in [5.41, 5.74) is 2.20. The number of fused-ring (bicyclic) bond motifs is 1. The highest BCUT2D eigenvalue weighted by atomic mass is 19.1. The number of nitrogens with one attached hydrogen (secondary N) is 1. The third-order valence-electron chi connectivity index (χ3n) is 4.59. The Morgan fingerprint density at radius 1 is 1.30 bits per heavy atom. The van der Waals surface area contributed by atoms with Gasteiger partial charge in [0.2, 0.25) is 0 Å². The van der Waals surface area contributed by atoms with E-state index in [2.05, 4.69) is 16.3 Å². The number of benzene rings is 2. The lowest BCUT2D eigenvalue weighted by atomic mass is 10.0. The van der Waals surface area contributed by atoms with Crippen LogP contribution in [0.1, 0.15) is 31.9 Å². The fraction of sp³-hybridized carbons (Fsp3) is 0.391. The molecule has 30 heavy (non-hydrogen) atoms. The molecular formula is C23H26FN3O3. The summed E-state index contributed by atoms with van der Waals surface area (Å²) in [6, 6.07) is 13.6. The molecule has 1 aliphatic heterocycles. The lowest BCUT2D eigenvalue weighted by molar-refractivity contribution is 0.0516. The van der Waals surface area contributed by atoms with Crippen LogP contribution in [0.2, 0.25) is 0 Å². The molecule has 0 unspecified atom stereocenters. The number of rotatable bonds is 4. The molecule has 0 saturated heterocycles. The van der Waals surface area contributed by atoms with Crippen LogP contribution in [0.25, 0.3) is 0 Å². The fourth-order valence-corrected chi connectivity index (χ4v) is 3.23. The highest BCUT2D eigenvalue weighted by Crippen LogP contribution is 2.28. The van der Waals surface area contributed by atoms with E-state index in [4.69, 9.17) is 9.47 Å². The fourth-order valence-electron chi connectivity index (χ4n) is 3.23. The average Bonchev–Trinajstić information content (AvgIpc) is 2.88. The first kappa shape index (κ1) is 21.4. The minimum absolute atomic E-state index is 0.262. The summed E-state index contributed by atoms with van der Waals surface area (Å²) in [4.78, 5) is 14.1.